The summed E-state index contributed by atoms with van der Waals surface area (Å²) in [5.41, 5.74) is 0.666. The van der Waals surface area contributed by atoms with E-state index in [0.29, 0.717) is 6.61 Å². The van der Waals surface area contributed by atoms with E-state index in [1.807, 2.05) is 24.3 Å². The second-order valence-corrected chi connectivity index (χ2v) is 14.3. The number of methoxy groups -OCH3 is 1. The van der Waals surface area contributed by atoms with Gasteiger partial charge in [0.25, 0.3) is 0 Å². The molecule has 5 nitrogen and oxygen atoms in total. The van der Waals surface area contributed by atoms with Gasteiger partial charge in [-0.15, -0.1) is 0 Å². The predicted molar refractivity (Wildman–Crippen MR) is 109 cm³/mol. The van der Waals surface area contributed by atoms with Gasteiger partial charge in [-0.3, -0.25) is 0 Å². The number of benzene rings is 1. The molecule has 0 radical (unpaired) electrons. The Bertz CT molecular complexity index is 606. The summed E-state index contributed by atoms with van der Waals surface area (Å²) in [5.74, 6) is 0.793. The first kappa shape index (κ1) is 22.4. The smallest absolute Gasteiger partial charge is 0.192 e. The average molecular weight is 397 g/mol. The molecular weight excluding hydrogens is 360 g/mol. The van der Waals surface area contributed by atoms with Crippen LogP contribution in [0.1, 0.15) is 46.5 Å². The topological polar surface area (TPSA) is 57.2 Å². The van der Waals surface area contributed by atoms with Crippen LogP contribution in [0.4, 0.5) is 0 Å². The van der Waals surface area contributed by atoms with E-state index in [9.17, 15) is 5.11 Å². The lowest BCUT2D eigenvalue weighted by atomic mass is 9.83. The first-order valence-corrected chi connectivity index (χ1v) is 12.5. The van der Waals surface area contributed by atoms with E-state index in [-0.39, 0.29) is 29.3 Å². The SMILES string of the molecule is COc1ccc(C2OCC(C)(C)[C@@H]([C@H](CO)O[Si](C)(C)C(C)(C)C)O2)cc1. The molecule has 1 aliphatic heterocycles. The van der Waals surface area contributed by atoms with Gasteiger partial charge in [-0.05, 0) is 30.3 Å². The maximum atomic E-state index is 10.1. The van der Waals surface area contributed by atoms with Crippen LogP contribution in [0, 0.1) is 5.41 Å². The monoisotopic (exact) mass is 396 g/mol. The van der Waals surface area contributed by atoms with Crippen molar-refractivity contribution in [1.29, 1.82) is 0 Å². The van der Waals surface area contributed by atoms with Gasteiger partial charge in [0.2, 0.25) is 0 Å². The molecule has 1 aromatic rings. The molecule has 27 heavy (non-hydrogen) atoms. The molecule has 3 atom stereocenters. The molecule has 0 amide bonds. The number of hydrogen-bond acceptors (Lipinski definition) is 5. The predicted octanol–water partition coefficient (Wildman–Crippen LogP) is 4.52. The molecule has 1 fully saturated rings. The largest absolute Gasteiger partial charge is 0.497 e. The van der Waals surface area contributed by atoms with Crippen LogP contribution < -0.4 is 4.74 Å². The first-order valence-electron chi connectivity index (χ1n) is 9.61. The molecule has 0 bridgehead atoms. The zero-order valence-corrected chi connectivity index (χ0v) is 19.0. The highest BCUT2D eigenvalue weighted by Crippen LogP contribution is 2.42. The van der Waals surface area contributed by atoms with Gasteiger partial charge in [0.15, 0.2) is 14.6 Å². The van der Waals surface area contributed by atoms with E-state index in [1.54, 1.807) is 7.11 Å². The molecule has 1 heterocycles. The minimum Gasteiger partial charge on any atom is -0.497 e. The standard InChI is InChI=1S/C21H36O5Si/c1-20(2,3)27(7,8)26-17(13-22)18-21(4,5)14-24-19(25-18)15-9-11-16(23-6)12-10-15/h9-12,17-19,22H,13-14H2,1-8H3/t17-,18+,19?/m0/s1. The average Bonchev–Trinajstić information content (AvgIpc) is 2.59. The summed E-state index contributed by atoms with van der Waals surface area (Å²) < 4.78 is 24.1. The third-order valence-corrected chi connectivity index (χ3v) is 10.3. The third kappa shape index (κ3) is 5.12. The normalized spacial score (nSPS) is 24.5. The summed E-state index contributed by atoms with van der Waals surface area (Å²) in [6.07, 6.45) is -1.13. The van der Waals surface area contributed by atoms with Crippen molar-refractivity contribution in [3.05, 3.63) is 29.8 Å². The highest BCUT2D eigenvalue weighted by atomic mass is 28.4. The quantitative estimate of drug-likeness (QED) is 0.717. The van der Waals surface area contributed by atoms with Crippen molar-refractivity contribution in [2.45, 2.75) is 71.2 Å². The maximum Gasteiger partial charge on any atom is 0.192 e. The number of rotatable bonds is 6. The minimum absolute atomic E-state index is 0.0606. The lowest BCUT2D eigenvalue weighted by Gasteiger charge is -2.48. The Morgan fingerprint density at radius 1 is 1.22 bits per heavy atom. The second kappa shape index (κ2) is 8.21. The molecule has 1 N–H and O–H groups in total. The van der Waals surface area contributed by atoms with E-state index in [1.165, 1.54) is 0 Å². The van der Waals surface area contributed by atoms with Crippen molar-refractivity contribution in [3.8, 4) is 5.75 Å². The zero-order valence-electron chi connectivity index (χ0n) is 18.0. The fourth-order valence-electron chi connectivity index (χ4n) is 3.01. The number of aliphatic hydroxyl groups excluding tert-OH is 1. The van der Waals surface area contributed by atoms with Crippen molar-refractivity contribution in [2.75, 3.05) is 20.3 Å². The molecule has 1 aliphatic rings. The van der Waals surface area contributed by atoms with E-state index >= 15 is 0 Å². The van der Waals surface area contributed by atoms with Crippen LogP contribution in [0.5, 0.6) is 5.75 Å². The molecule has 2 rings (SSSR count). The van der Waals surface area contributed by atoms with Crippen molar-refractivity contribution in [1.82, 2.24) is 0 Å². The molecular formula is C21H36O5Si. The molecule has 0 aliphatic carbocycles. The van der Waals surface area contributed by atoms with Gasteiger partial charge in [0.1, 0.15) is 5.75 Å². The van der Waals surface area contributed by atoms with E-state index < -0.39 is 14.6 Å². The van der Waals surface area contributed by atoms with Gasteiger partial charge in [-0.2, -0.15) is 0 Å². The van der Waals surface area contributed by atoms with Crippen LogP contribution in [0.15, 0.2) is 24.3 Å². The summed E-state index contributed by atoms with van der Waals surface area (Å²) >= 11 is 0. The second-order valence-electron chi connectivity index (χ2n) is 9.56. The van der Waals surface area contributed by atoms with Gasteiger partial charge in [0, 0.05) is 11.0 Å². The molecule has 1 unspecified atom stereocenters. The van der Waals surface area contributed by atoms with Gasteiger partial charge in [-0.25, -0.2) is 0 Å². The van der Waals surface area contributed by atoms with Crippen LogP contribution in [0.25, 0.3) is 0 Å². The van der Waals surface area contributed by atoms with Crippen LogP contribution >= 0.6 is 0 Å². The highest BCUT2D eigenvalue weighted by molar-refractivity contribution is 6.74. The van der Waals surface area contributed by atoms with Crippen molar-refractivity contribution in [3.63, 3.8) is 0 Å². The summed E-state index contributed by atoms with van der Waals surface area (Å²) in [5, 5.41) is 10.2. The first-order chi connectivity index (χ1) is 12.4. The summed E-state index contributed by atoms with van der Waals surface area (Å²) in [4.78, 5) is 0. The molecule has 1 saturated heterocycles. The number of hydrogen-bond donors (Lipinski definition) is 1. The molecule has 0 saturated carbocycles. The molecule has 154 valence electrons. The molecule has 0 aromatic heterocycles. The van der Waals surface area contributed by atoms with Crippen molar-refractivity contribution < 1.29 is 23.7 Å². The van der Waals surface area contributed by atoms with E-state index in [2.05, 4.69) is 47.7 Å². The highest BCUT2D eigenvalue weighted by Gasteiger charge is 2.47. The maximum absolute atomic E-state index is 10.1. The summed E-state index contributed by atoms with van der Waals surface area (Å²) in [7, 11) is -0.402. The summed E-state index contributed by atoms with van der Waals surface area (Å²) in [6.45, 7) is 15.6. The van der Waals surface area contributed by atoms with E-state index in [4.69, 9.17) is 18.6 Å². The Balaban J connectivity index is 2.22. The van der Waals surface area contributed by atoms with Crippen LogP contribution in [-0.2, 0) is 13.9 Å². The van der Waals surface area contributed by atoms with Crippen molar-refractivity contribution >= 4 is 8.32 Å². The van der Waals surface area contributed by atoms with Crippen LogP contribution in [-0.4, -0.2) is 46.0 Å². The molecule has 6 heteroatoms. The minimum atomic E-state index is -2.05. The number of ether oxygens (including phenoxy) is 3. The molecule has 1 aromatic carbocycles. The Morgan fingerprint density at radius 2 is 1.81 bits per heavy atom. The lowest BCUT2D eigenvalue weighted by molar-refractivity contribution is -0.284. The zero-order chi connectivity index (χ0) is 20.5. The van der Waals surface area contributed by atoms with Gasteiger partial charge < -0.3 is 23.7 Å². The van der Waals surface area contributed by atoms with Crippen LogP contribution in [0.3, 0.4) is 0 Å². The van der Waals surface area contributed by atoms with Gasteiger partial charge in [0.05, 0.1) is 32.5 Å². The Labute approximate surface area is 165 Å². The van der Waals surface area contributed by atoms with E-state index in [0.717, 1.165) is 11.3 Å². The Morgan fingerprint density at radius 3 is 2.30 bits per heavy atom. The van der Waals surface area contributed by atoms with Gasteiger partial charge >= 0.3 is 0 Å². The molecule has 0 spiro atoms. The number of aliphatic hydroxyl groups is 1. The fourth-order valence-corrected chi connectivity index (χ4v) is 4.31. The summed E-state index contributed by atoms with van der Waals surface area (Å²) in [6, 6.07) is 7.68. The Kier molecular flexibility index (Phi) is 6.80. The Hall–Kier alpha value is -0.923. The van der Waals surface area contributed by atoms with Crippen LogP contribution in [0.2, 0.25) is 18.1 Å². The third-order valence-electron chi connectivity index (χ3n) is 5.80. The lowest BCUT2D eigenvalue weighted by Crippen LogP contribution is -2.55. The van der Waals surface area contributed by atoms with Crippen molar-refractivity contribution in [2.24, 2.45) is 5.41 Å². The van der Waals surface area contributed by atoms with Gasteiger partial charge in [-0.1, -0.05) is 46.8 Å². The fraction of sp³-hybridized carbons (Fsp3) is 0.714.